The molecule has 2 saturated carbocycles. The number of rotatable bonds is 3. The Kier molecular flexibility index (Phi) is 3.18. The number of benzene rings is 1. The standard InChI is InChI=1S/C16H19NO/c18-16(9-7-12-4-2-1-3-5-12)17-15-11-13-6-8-14(15)10-13/h1-5,7,9,13-15H,6,8,10-11H2,(H,17,18)/b9-7+/t13-,14+,15+/m1/s1. The van der Waals surface area contributed by atoms with Crippen molar-refractivity contribution in [1.82, 2.24) is 5.32 Å². The fourth-order valence-corrected chi connectivity index (χ4v) is 3.39. The van der Waals surface area contributed by atoms with Crippen LogP contribution in [-0.2, 0) is 4.79 Å². The molecule has 0 aromatic heterocycles. The Labute approximate surface area is 108 Å². The number of nitrogens with one attached hydrogen (secondary N) is 1. The molecule has 94 valence electrons. The molecule has 0 aliphatic heterocycles. The molecule has 18 heavy (non-hydrogen) atoms. The fraction of sp³-hybridized carbons (Fsp3) is 0.438. The second-order valence-electron chi connectivity index (χ2n) is 5.53. The van der Waals surface area contributed by atoms with Gasteiger partial charge in [-0.2, -0.15) is 0 Å². The lowest BCUT2D eigenvalue weighted by atomic mass is 9.95. The zero-order valence-corrected chi connectivity index (χ0v) is 10.5. The minimum Gasteiger partial charge on any atom is -0.350 e. The lowest BCUT2D eigenvalue weighted by molar-refractivity contribution is -0.117. The Morgan fingerprint density at radius 2 is 2.00 bits per heavy atom. The molecule has 1 amide bonds. The summed E-state index contributed by atoms with van der Waals surface area (Å²) in [7, 11) is 0. The molecular weight excluding hydrogens is 222 g/mol. The van der Waals surface area contributed by atoms with Crippen LogP contribution in [0.1, 0.15) is 31.2 Å². The summed E-state index contributed by atoms with van der Waals surface area (Å²) in [6, 6.07) is 10.4. The maximum absolute atomic E-state index is 11.9. The van der Waals surface area contributed by atoms with Crippen LogP contribution < -0.4 is 5.32 Å². The average Bonchev–Trinajstić information content (AvgIpc) is 3.00. The molecule has 2 nitrogen and oxygen atoms in total. The summed E-state index contributed by atoms with van der Waals surface area (Å²) in [6.07, 6.45) is 8.72. The molecule has 1 N–H and O–H groups in total. The minimum atomic E-state index is 0.0522. The van der Waals surface area contributed by atoms with E-state index in [9.17, 15) is 4.79 Å². The maximum atomic E-state index is 11.9. The Balaban J connectivity index is 1.55. The van der Waals surface area contributed by atoms with E-state index in [1.165, 1.54) is 25.7 Å². The van der Waals surface area contributed by atoms with Crippen LogP contribution in [0, 0.1) is 11.8 Å². The normalized spacial score (nSPS) is 29.9. The van der Waals surface area contributed by atoms with Crippen LogP contribution in [0.3, 0.4) is 0 Å². The van der Waals surface area contributed by atoms with Gasteiger partial charge in [0.15, 0.2) is 0 Å². The zero-order chi connectivity index (χ0) is 12.4. The van der Waals surface area contributed by atoms with Crippen molar-refractivity contribution in [3.05, 3.63) is 42.0 Å². The van der Waals surface area contributed by atoms with Crippen molar-refractivity contribution in [2.24, 2.45) is 11.8 Å². The van der Waals surface area contributed by atoms with E-state index < -0.39 is 0 Å². The summed E-state index contributed by atoms with van der Waals surface area (Å²) in [5, 5.41) is 3.15. The van der Waals surface area contributed by atoms with Gasteiger partial charge in [-0.1, -0.05) is 36.8 Å². The van der Waals surface area contributed by atoms with Gasteiger partial charge in [-0.15, -0.1) is 0 Å². The summed E-state index contributed by atoms with van der Waals surface area (Å²) in [5.41, 5.74) is 1.07. The Morgan fingerprint density at radius 1 is 1.17 bits per heavy atom. The van der Waals surface area contributed by atoms with E-state index >= 15 is 0 Å². The van der Waals surface area contributed by atoms with Gasteiger partial charge in [0, 0.05) is 12.1 Å². The predicted molar refractivity (Wildman–Crippen MR) is 72.9 cm³/mol. The van der Waals surface area contributed by atoms with E-state index in [4.69, 9.17) is 0 Å². The first-order valence-electron chi connectivity index (χ1n) is 6.85. The molecule has 1 aromatic rings. The zero-order valence-electron chi connectivity index (χ0n) is 10.5. The third kappa shape index (κ3) is 2.47. The van der Waals surface area contributed by atoms with Crippen molar-refractivity contribution in [1.29, 1.82) is 0 Å². The van der Waals surface area contributed by atoms with Crippen molar-refractivity contribution < 1.29 is 4.79 Å². The van der Waals surface area contributed by atoms with Gasteiger partial charge in [-0.25, -0.2) is 0 Å². The van der Waals surface area contributed by atoms with E-state index in [-0.39, 0.29) is 5.91 Å². The van der Waals surface area contributed by atoms with Gasteiger partial charge in [0.1, 0.15) is 0 Å². The third-order valence-electron chi connectivity index (χ3n) is 4.29. The van der Waals surface area contributed by atoms with Gasteiger partial charge in [0.2, 0.25) is 5.91 Å². The molecule has 0 radical (unpaired) electrons. The molecule has 2 bridgehead atoms. The number of carbonyl (C=O) groups excluding carboxylic acids is 1. The number of hydrogen-bond acceptors (Lipinski definition) is 1. The van der Waals surface area contributed by atoms with E-state index in [0.717, 1.165) is 17.4 Å². The first-order valence-corrected chi connectivity index (χ1v) is 6.85. The third-order valence-corrected chi connectivity index (χ3v) is 4.29. The lowest BCUT2D eigenvalue weighted by Gasteiger charge is -2.22. The predicted octanol–water partition coefficient (Wildman–Crippen LogP) is 3.00. The molecule has 2 aliphatic carbocycles. The molecular formula is C16H19NO. The monoisotopic (exact) mass is 241 g/mol. The molecule has 0 heterocycles. The summed E-state index contributed by atoms with van der Waals surface area (Å²) in [6.45, 7) is 0. The van der Waals surface area contributed by atoms with Gasteiger partial charge in [0.05, 0.1) is 0 Å². The Morgan fingerprint density at radius 3 is 2.67 bits per heavy atom. The number of hydrogen-bond donors (Lipinski definition) is 1. The van der Waals surface area contributed by atoms with Crippen molar-refractivity contribution in [3.8, 4) is 0 Å². The van der Waals surface area contributed by atoms with Crippen molar-refractivity contribution >= 4 is 12.0 Å². The van der Waals surface area contributed by atoms with Crippen LogP contribution in [0.5, 0.6) is 0 Å². The summed E-state index contributed by atoms with van der Waals surface area (Å²) >= 11 is 0. The molecule has 0 spiro atoms. The summed E-state index contributed by atoms with van der Waals surface area (Å²) < 4.78 is 0. The first kappa shape index (κ1) is 11.5. The van der Waals surface area contributed by atoms with Crippen molar-refractivity contribution in [2.75, 3.05) is 0 Å². The van der Waals surface area contributed by atoms with Crippen molar-refractivity contribution in [3.63, 3.8) is 0 Å². The summed E-state index contributed by atoms with van der Waals surface area (Å²) in [4.78, 5) is 11.9. The van der Waals surface area contributed by atoms with Gasteiger partial charge >= 0.3 is 0 Å². The largest absolute Gasteiger partial charge is 0.350 e. The smallest absolute Gasteiger partial charge is 0.244 e. The summed E-state index contributed by atoms with van der Waals surface area (Å²) in [5.74, 6) is 1.67. The first-order chi connectivity index (χ1) is 8.81. The topological polar surface area (TPSA) is 29.1 Å². The van der Waals surface area contributed by atoms with Crippen LogP contribution >= 0.6 is 0 Å². The number of fused-ring (bicyclic) bond motifs is 2. The molecule has 0 unspecified atom stereocenters. The highest BCUT2D eigenvalue weighted by atomic mass is 16.1. The molecule has 2 fully saturated rings. The Hall–Kier alpha value is -1.57. The quantitative estimate of drug-likeness (QED) is 0.810. The minimum absolute atomic E-state index is 0.0522. The van der Waals surface area contributed by atoms with E-state index in [0.29, 0.717) is 6.04 Å². The SMILES string of the molecule is O=C(/C=C/c1ccccc1)N[C@H]1C[C@@H]2CC[C@H]1C2. The molecule has 0 saturated heterocycles. The van der Waals surface area contributed by atoms with Crippen molar-refractivity contribution in [2.45, 2.75) is 31.7 Å². The maximum Gasteiger partial charge on any atom is 0.244 e. The molecule has 1 aromatic carbocycles. The highest BCUT2D eigenvalue weighted by molar-refractivity contribution is 5.91. The van der Waals surface area contributed by atoms with Crippen LogP contribution in [0.2, 0.25) is 0 Å². The highest BCUT2D eigenvalue weighted by Crippen LogP contribution is 2.44. The second kappa shape index (κ2) is 4.97. The molecule has 3 atom stereocenters. The lowest BCUT2D eigenvalue weighted by Crippen LogP contribution is -2.37. The van der Waals surface area contributed by atoms with Crippen LogP contribution in [-0.4, -0.2) is 11.9 Å². The van der Waals surface area contributed by atoms with Gasteiger partial charge in [0.25, 0.3) is 0 Å². The van der Waals surface area contributed by atoms with Crippen LogP contribution in [0.25, 0.3) is 6.08 Å². The molecule has 3 rings (SSSR count). The van der Waals surface area contributed by atoms with Gasteiger partial charge < -0.3 is 5.32 Å². The van der Waals surface area contributed by atoms with Crippen LogP contribution in [0.15, 0.2) is 36.4 Å². The number of carbonyl (C=O) groups is 1. The van der Waals surface area contributed by atoms with E-state index in [2.05, 4.69) is 5.32 Å². The van der Waals surface area contributed by atoms with E-state index in [1.54, 1.807) is 6.08 Å². The molecule has 2 heteroatoms. The van der Waals surface area contributed by atoms with Gasteiger partial charge in [-0.3, -0.25) is 4.79 Å². The molecule has 2 aliphatic rings. The van der Waals surface area contributed by atoms with Gasteiger partial charge in [-0.05, 0) is 42.7 Å². The Bertz CT molecular complexity index is 451. The highest BCUT2D eigenvalue weighted by Gasteiger charge is 2.39. The van der Waals surface area contributed by atoms with E-state index in [1.807, 2.05) is 36.4 Å². The second-order valence-corrected chi connectivity index (χ2v) is 5.53. The average molecular weight is 241 g/mol. The van der Waals surface area contributed by atoms with Crippen LogP contribution in [0.4, 0.5) is 0 Å². The number of amides is 1. The fourth-order valence-electron chi connectivity index (χ4n) is 3.39.